The van der Waals surface area contributed by atoms with Crippen LogP contribution in [0.3, 0.4) is 0 Å². The molecule has 0 aliphatic carbocycles. The lowest BCUT2D eigenvalue weighted by molar-refractivity contribution is 0.0911. The van der Waals surface area contributed by atoms with E-state index in [9.17, 15) is 9.59 Å². The smallest absolute Gasteiger partial charge is 0.426 e. The molecule has 0 aromatic carbocycles. The van der Waals surface area contributed by atoms with E-state index in [1.54, 1.807) is 29.9 Å². The minimum atomic E-state index is -0.718. The summed E-state index contributed by atoms with van der Waals surface area (Å²) < 4.78 is 6.30. The van der Waals surface area contributed by atoms with Crippen LogP contribution in [-0.2, 0) is 4.74 Å². The number of nitrogens with zero attached hydrogens (tertiary/aromatic N) is 3. The van der Waals surface area contributed by atoms with Crippen LogP contribution < -0.4 is 10.9 Å². The largest absolute Gasteiger partial charge is 0.449 e. The molecule has 0 unspecified atom stereocenters. The van der Waals surface area contributed by atoms with Gasteiger partial charge in [-0.05, 0) is 25.0 Å². The third-order valence-electron chi connectivity index (χ3n) is 3.02. The van der Waals surface area contributed by atoms with Crippen LogP contribution in [0.15, 0.2) is 30.6 Å². The number of pyridine rings is 1. The van der Waals surface area contributed by atoms with Gasteiger partial charge in [-0.1, -0.05) is 19.9 Å². The summed E-state index contributed by atoms with van der Waals surface area (Å²) in [5, 5.41) is 4.24. The number of hydrogen-bond acceptors (Lipinski definition) is 5. The molecule has 0 aliphatic heterocycles. The Kier molecular flexibility index (Phi) is 5.29. The Morgan fingerprint density at radius 1 is 1.30 bits per heavy atom. The third kappa shape index (κ3) is 3.85. The van der Waals surface area contributed by atoms with Crippen molar-refractivity contribution in [1.82, 2.24) is 25.6 Å². The molecule has 23 heavy (non-hydrogen) atoms. The van der Waals surface area contributed by atoms with Crippen LogP contribution in [0.5, 0.6) is 0 Å². The van der Waals surface area contributed by atoms with Crippen molar-refractivity contribution < 1.29 is 14.3 Å². The highest BCUT2D eigenvalue weighted by atomic mass is 16.5. The Balaban J connectivity index is 2.24. The van der Waals surface area contributed by atoms with E-state index in [0.29, 0.717) is 17.1 Å². The van der Waals surface area contributed by atoms with Gasteiger partial charge < -0.3 is 4.74 Å². The first kappa shape index (κ1) is 16.5. The van der Waals surface area contributed by atoms with E-state index in [1.807, 2.05) is 19.9 Å². The summed E-state index contributed by atoms with van der Waals surface area (Å²) in [6.45, 7) is 5.80. The third-order valence-corrected chi connectivity index (χ3v) is 3.02. The van der Waals surface area contributed by atoms with Crippen molar-refractivity contribution in [1.29, 1.82) is 0 Å². The maximum atomic E-state index is 12.3. The molecule has 2 heterocycles. The summed E-state index contributed by atoms with van der Waals surface area (Å²) in [5.74, 6) is 0.181. The molecule has 0 radical (unpaired) electrons. The lowest BCUT2D eigenvalue weighted by atomic mass is 10.1. The van der Waals surface area contributed by atoms with Gasteiger partial charge in [0.25, 0.3) is 5.91 Å². The lowest BCUT2D eigenvalue weighted by Crippen LogP contribution is -2.42. The maximum absolute atomic E-state index is 12.3. The Labute approximate surface area is 133 Å². The first-order valence-electron chi connectivity index (χ1n) is 7.27. The van der Waals surface area contributed by atoms with E-state index in [0.717, 1.165) is 0 Å². The number of aromatic nitrogens is 3. The van der Waals surface area contributed by atoms with Crippen LogP contribution >= 0.6 is 0 Å². The van der Waals surface area contributed by atoms with Gasteiger partial charge in [-0.3, -0.25) is 10.2 Å². The fourth-order valence-corrected chi connectivity index (χ4v) is 2.09. The van der Waals surface area contributed by atoms with Crippen molar-refractivity contribution in [3.63, 3.8) is 0 Å². The average molecular weight is 317 g/mol. The van der Waals surface area contributed by atoms with Gasteiger partial charge in [0.15, 0.2) is 5.82 Å². The highest BCUT2D eigenvalue weighted by Gasteiger charge is 2.21. The zero-order valence-corrected chi connectivity index (χ0v) is 13.2. The highest BCUT2D eigenvalue weighted by molar-refractivity contribution is 5.96. The van der Waals surface area contributed by atoms with Gasteiger partial charge in [0.1, 0.15) is 0 Å². The number of nitrogens with one attached hydrogen (secondary N) is 2. The predicted molar refractivity (Wildman–Crippen MR) is 83.1 cm³/mol. The van der Waals surface area contributed by atoms with Crippen LogP contribution in [0.2, 0.25) is 0 Å². The van der Waals surface area contributed by atoms with E-state index in [2.05, 4.69) is 25.7 Å². The van der Waals surface area contributed by atoms with E-state index in [-0.39, 0.29) is 12.5 Å². The van der Waals surface area contributed by atoms with Crippen LogP contribution in [0.25, 0.3) is 5.82 Å². The van der Waals surface area contributed by atoms with Crippen molar-refractivity contribution in [2.75, 3.05) is 6.61 Å². The van der Waals surface area contributed by atoms with E-state index in [1.165, 1.54) is 6.20 Å². The summed E-state index contributed by atoms with van der Waals surface area (Å²) in [6, 6.07) is 5.45. The summed E-state index contributed by atoms with van der Waals surface area (Å²) >= 11 is 0. The number of rotatable bonds is 4. The fourth-order valence-electron chi connectivity index (χ4n) is 2.09. The maximum Gasteiger partial charge on any atom is 0.426 e. The molecule has 0 atom stereocenters. The zero-order valence-electron chi connectivity index (χ0n) is 13.2. The number of amides is 2. The molecular weight excluding hydrogens is 298 g/mol. The Hall–Kier alpha value is -2.90. The van der Waals surface area contributed by atoms with Crippen molar-refractivity contribution in [3.05, 3.63) is 41.9 Å². The summed E-state index contributed by atoms with van der Waals surface area (Å²) in [7, 11) is 0. The van der Waals surface area contributed by atoms with Gasteiger partial charge in [-0.25, -0.2) is 19.9 Å². The molecule has 2 amide bonds. The number of carbonyl (C=O) groups is 2. The van der Waals surface area contributed by atoms with Crippen molar-refractivity contribution >= 4 is 12.0 Å². The monoisotopic (exact) mass is 317 g/mol. The first-order valence-corrected chi connectivity index (χ1v) is 7.27. The van der Waals surface area contributed by atoms with Crippen LogP contribution in [0, 0.1) is 0 Å². The Morgan fingerprint density at radius 3 is 2.70 bits per heavy atom. The highest BCUT2D eigenvalue weighted by Crippen LogP contribution is 2.21. The van der Waals surface area contributed by atoms with Crippen LogP contribution in [-0.4, -0.2) is 33.4 Å². The molecular formula is C15H19N5O3. The minimum Gasteiger partial charge on any atom is -0.449 e. The van der Waals surface area contributed by atoms with Crippen molar-refractivity contribution in [2.45, 2.75) is 26.7 Å². The standard InChI is InChI=1S/C15H19N5O3/c1-4-23-15(22)19-18-14(21)11-9-17-20(13(11)10(2)3)12-7-5-6-8-16-12/h5-10H,4H2,1-3H3,(H,18,21)(H,19,22). The predicted octanol–water partition coefficient (Wildman–Crippen LogP) is 1.78. The van der Waals surface area contributed by atoms with Gasteiger partial charge in [0.2, 0.25) is 0 Å². The second-order valence-electron chi connectivity index (χ2n) is 5.00. The molecule has 2 aromatic rings. The summed E-state index contributed by atoms with van der Waals surface area (Å²) in [4.78, 5) is 27.8. The van der Waals surface area contributed by atoms with E-state index < -0.39 is 12.0 Å². The minimum absolute atomic E-state index is 0.0304. The second kappa shape index (κ2) is 7.39. The molecule has 8 nitrogen and oxygen atoms in total. The van der Waals surface area contributed by atoms with Crippen molar-refractivity contribution in [3.8, 4) is 5.82 Å². The number of ether oxygens (including phenoxy) is 1. The average Bonchev–Trinajstić information content (AvgIpc) is 2.99. The molecule has 2 N–H and O–H groups in total. The molecule has 0 fully saturated rings. The quantitative estimate of drug-likeness (QED) is 0.838. The molecule has 2 rings (SSSR count). The topological polar surface area (TPSA) is 98.1 Å². The molecule has 122 valence electrons. The molecule has 0 saturated heterocycles. The van der Waals surface area contributed by atoms with Crippen LogP contribution in [0.1, 0.15) is 42.7 Å². The van der Waals surface area contributed by atoms with Gasteiger partial charge in [0, 0.05) is 6.20 Å². The molecule has 8 heteroatoms. The molecule has 0 aliphatic rings. The normalized spacial score (nSPS) is 10.4. The van der Waals surface area contributed by atoms with Gasteiger partial charge in [-0.2, -0.15) is 5.10 Å². The van der Waals surface area contributed by atoms with E-state index >= 15 is 0 Å². The Morgan fingerprint density at radius 2 is 2.09 bits per heavy atom. The Bertz CT molecular complexity index is 682. The van der Waals surface area contributed by atoms with Gasteiger partial charge in [0.05, 0.1) is 24.1 Å². The SMILES string of the molecule is CCOC(=O)NNC(=O)c1cnn(-c2ccccn2)c1C(C)C. The molecule has 2 aromatic heterocycles. The summed E-state index contributed by atoms with van der Waals surface area (Å²) in [6.07, 6.45) is 2.39. The molecule has 0 saturated carbocycles. The van der Waals surface area contributed by atoms with Crippen molar-refractivity contribution in [2.24, 2.45) is 0 Å². The first-order chi connectivity index (χ1) is 11.0. The number of hydrazine groups is 1. The summed E-state index contributed by atoms with van der Waals surface area (Å²) in [5.41, 5.74) is 5.55. The molecule has 0 spiro atoms. The second-order valence-corrected chi connectivity index (χ2v) is 5.00. The van der Waals surface area contributed by atoms with Crippen LogP contribution in [0.4, 0.5) is 4.79 Å². The molecule has 0 bridgehead atoms. The zero-order chi connectivity index (χ0) is 16.8. The fraction of sp³-hybridized carbons (Fsp3) is 0.333. The lowest BCUT2D eigenvalue weighted by Gasteiger charge is -2.12. The number of carbonyl (C=O) groups excluding carboxylic acids is 2. The van der Waals surface area contributed by atoms with Gasteiger partial charge >= 0.3 is 6.09 Å². The van der Waals surface area contributed by atoms with E-state index in [4.69, 9.17) is 0 Å². The van der Waals surface area contributed by atoms with Gasteiger partial charge in [-0.15, -0.1) is 0 Å². The number of hydrogen-bond donors (Lipinski definition) is 2.